The highest BCUT2D eigenvalue weighted by Crippen LogP contribution is 2.21. The van der Waals surface area contributed by atoms with E-state index in [-0.39, 0.29) is 42.5 Å². The van der Waals surface area contributed by atoms with Crippen LogP contribution >= 0.6 is 35.7 Å². The van der Waals surface area contributed by atoms with Crippen LogP contribution in [0, 0.1) is 6.92 Å². The zero-order valence-corrected chi connectivity index (χ0v) is 17.7. The van der Waals surface area contributed by atoms with Gasteiger partial charge in [-0.25, -0.2) is 4.79 Å². The molecule has 0 atom stereocenters. The third kappa shape index (κ3) is 6.07. The van der Waals surface area contributed by atoms with Crippen LogP contribution in [-0.2, 0) is 11.3 Å². The van der Waals surface area contributed by atoms with Crippen LogP contribution in [0.4, 0.5) is 4.79 Å². The Labute approximate surface area is 169 Å². The van der Waals surface area contributed by atoms with E-state index >= 15 is 0 Å². The second-order valence-corrected chi connectivity index (χ2v) is 6.22. The Morgan fingerprint density at radius 3 is 2.72 bits per heavy atom. The number of guanidine groups is 1. The summed E-state index contributed by atoms with van der Waals surface area (Å²) in [5, 5.41) is 8.86. The molecule has 1 saturated heterocycles. The first-order valence-corrected chi connectivity index (χ1v) is 8.94. The Balaban J connectivity index is 0.00000312. The summed E-state index contributed by atoms with van der Waals surface area (Å²) in [6.07, 6.45) is 2.06. The summed E-state index contributed by atoms with van der Waals surface area (Å²) in [4.78, 5) is 29.6. The molecule has 1 fully saturated rings. The van der Waals surface area contributed by atoms with Crippen molar-refractivity contribution >= 4 is 53.6 Å². The molecule has 2 rings (SSSR count). The first-order chi connectivity index (χ1) is 11.5. The van der Waals surface area contributed by atoms with Crippen molar-refractivity contribution in [2.75, 3.05) is 32.9 Å². The molecule has 138 valence electrons. The Morgan fingerprint density at radius 2 is 2.12 bits per heavy atom. The maximum Gasteiger partial charge on any atom is 0.324 e. The molecule has 0 saturated carbocycles. The molecule has 1 aliphatic rings. The van der Waals surface area contributed by atoms with E-state index in [4.69, 9.17) is 0 Å². The Bertz CT molecular complexity index is 637. The van der Waals surface area contributed by atoms with Crippen molar-refractivity contribution in [3.63, 3.8) is 0 Å². The van der Waals surface area contributed by atoms with Gasteiger partial charge in [-0.15, -0.1) is 35.7 Å². The van der Waals surface area contributed by atoms with Gasteiger partial charge < -0.3 is 16.0 Å². The monoisotopic (exact) mass is 477 g/mol. The molecule has 3 N–H and O–H groups in total. The smallest absolute Gasteiger partial charge is 0.324 e. The lowest BCUT2D eigenvalue weighted by Crippen LogP contribution is -2.43. The van der Waals surface area contributed by atoms with Gasteiger partial charge in [0.1, 0.15) is 0 Å². The lowest BCUT2D eigenvalue weighted by molar-refractivity contribution is -0.124. The van der Waals surface area contributed by atoms with E-state index in [1.807, 2.05) is 0 Å². The van der Waals surface area contributed by atoms with Gasteiger partial charge in [0.2, 0.25) is 5.91 Å². The van der Waals surface area contributed by atoms with E-state index in [1.54, 1.807) is 18.8 Å². The molecule has 25 heavy (non-hydrogen) atoms. The van der Waals surface area contributed by atoms with Crippen LogP contribution in [0.25, 0.3) is 0 Å². The standard InChI is InChI=1S/C16H23N5O2S.HI/c1-11-4-5-12(13(8-11)24-3)9-19-15(17-2)18-6-7-21-14(22)10-20-16(21)23;/h4-5,8H,6-7,9-10H2,1-3H3,(H,20,23)(H2,17,18,19);1H. The molecule has 0 bridgehead atoms. The third-order valence-electron chi connectivity index (χ3n) is 3.68. The van der Waals surface area contributed by atoms with Crippen LogP contribution in [0.3, 0.4) is 0 Å². The van der Waals surface area contributed by atoms with Gasteiger partial charge in [0.15, 0.2) is 5.96 Å². The number of nitrogens with one attached hydrogen (secondary N) is 3. The Kier molecular flexibility index (Phi) is 9.04. The van der Waals surface area contributed by atoms with E-state index in [0.29, 0.717) is 25.6 Å². The molecular weight excluding hydrogens is 453 g/mol. The van der Waals surface area contributed by atoms with Crippen LogP contribution in [0.15, 0.2) is 28.1 Å². The van der Waals surface area contributed by atoms with Crippen LogP contribution in [0.1, 0.15) is 11.1 Å². The Hall–Kier alpha value is -1.49. The molecule has 7 nitrogen and oxygen atoms in total. The highest BCUT2D eigenvalue weighted by molar-refractivity contribution is 14.0. The second kappa shape index (κ2) is 10.5. The number of hydrogen-bond donors (Lipinski definition) is 3. The van der Waals surface area contributed by atoms with Crippen LogP contribution in [0.2, 0.25) is 0 Å². The minimum Gasteiger partial charge on any atom is -0.355 e. The van der Waals surface area contributed by atoms with Gasteiger partial charge in [0, 0.05) is 31.6 Å². The third-order valence-corrected chi connectivity index (χ3v) is 4.50. The molecular formula is C16H24IN5O2S. The van der Waals surface area contributed by atoms with Gasteiger partial charge in [0.25, 0.3) is 0 Å². The van der Waals surface area contributed by atoms with Crippen LogP contribution < -0.4 is 16.0 Å². The van der Waals surface area contributed by atoms with Gasteiger partial charge in [-0.1, -0.05) is 12.1 Å². The maximum absolute atomic E-state index is 11.5. The van der Waals surface area contributed by atoms with Crippen molar-refractivity contribution < 1.29 is 9.59 Å². The first kappa shape index (κ1) is 21.6. The molecule has 1 aromatic carbocycles. The molecule has 0 unspecified atom stereocenters. The van der Waals surface area contributed by atoms with E-state index in [2.05, 4.69) is 52.3 Å². The minimum absolute atomic E-state index is 0. The minimum atomic E-state index is -0.339. The number of halogens is 1. The van der Waals surface area contributed by atoms with Crippen molar-refractivity contribution in [3.05, 3.63) is 29.3 Å². The first-order valence-electron chi connectivity index (χ1n) is 7.71. The summed E-state index contributed by atoms with van der Waals surface area (Å²) >= 11 is 1.72. The number of amides is 3. The molecule has 9 heteroatoms. The van der Waals surface area contributed by atoms with Gasteiger partial charge in [-0.2, -0.15) is 0 Å². The molecule has 1 aromatic rings. The number of benzene rings is 1. The molecule has 1 aliphatic heterocycles. The number of carbonyl (C=O) groups is 2. The fourth-order valence-electron chi connectivity index (χ4n) is 2.37. The summed E-state index contributed by atoms with van der Waals surface area (Å²) in [5.74, 6) is 0.434. The Morgan fingerprint density at radius 1 is 1.36 bits per heavy atom. The fourth-order valence-corrected chi connectivity index (χ4v) is 3.07. The van der Waals surface area contributed by atoms with Gasteiger partial charge in [-0.05, 0) is 30.4 Å². The highest BCUT2D eigenvalue weighted by Gasteiger charge is 2.27. The lowest BCUT2D eigenvalue weighted by atomic mass is 10.1. The number of imide groups is 1. The van der Waals surface area contributed by atoms with Gasteiger partial charge in [-0.3, -0.25) is 14.7 Å². The molecule has 0 radical (unpaired) electrons. The summed E-state index contributed by atoms with van der Waals surface area (Å²) in [6.45, 7) is 3.57. The van der Waals surface area contributed by atoms with E-state index in [1.165, 1.54) is 20.9 Å². The largest absolute Gasteiger partial charge is 0.355 e. The predicted octanol–water partition coefficient (Wildman–Crippen LogP) is 1.55. The van der Waals surface area contributed by atoms with Crippen molar-refractivity contribution in [1.82, 2.24) is 20.9 Å². The summed E-state index contributed by atoms with van der Waals surface area (Å²) in [6, 6.07) is 6.02. The summed E-state index contributed by atoms with van der Waals surface area (Å²) < 4.78 is 0. The molecule has 0 spiro atoms. The summed E-state index contributed by atoms with van der Waals surface area (Å²) in [5.41, 5.74) is 2.43. The lowest BCUT2D eigenvalue weighted by Gasteiger charge is -2.16. The number of nitrogens with zero attached hydrogens (tertiary/aromatic N) is 2. The van der Waals surface area contributed by atoms with Crippen LogP contribution in [-0.4, -0.2) is 55.7 Å². The summed E-state index contributed by atoms with van der Waals surface area (Å²) in [7, 11) is 1.69. The average molecular weight is 477 g/mol. The number of hydrogen-bond acceptors (Lipinski definition) is 4. The van der Waals surface area contributed by atoms with Crippen molar-refractivity contribution in [2.45, 2.75) is 18.4 Å². The molecule has 0 aliphatic carbocycles. The van der Waals surface area contributed by atoms with Gasteiger partial charge in [0.05, 0.1) is 6.54 Å². The zero-order chi connectivity index (χ0) is 17.5. The van der Waals surface area contributed by atoms with Crippen molar-refractivity contribution in [3.8, 4) is 0 Å². The number of aryl methyl sites for hydroxylation is 1. The number of urea groups is 1. The topological polar surface area (TPSA) is 85.8 Å². The molecule has 1 heterocycles. The highest BCUT2D eigenvalue weighted by atomic mass is 127. The van der Waals surface area contributed by atoms with Crippen molar-refractivity contribution in [1.29, 1.82) is 0 Å². The average Bonchev–Trinajstić information content (AvgIpc) is 2.90. The molecule has 0 aromatic heterocycles. The van der Waals surface area contributed by atoms with E-state index in [0.717, 1.165) is 0 Å². The molecule has 3 amide bonds. The quantitative estimate of drug-likeness (QED) is 0.190. The number of thioether (sulfide) groups is 1. The van der Waals surface area contributed by atoms with Gasteiger partial charge >= 0.3 is 6.03 Å². The number of aliphatic imine (C=N–C) groups is 1. The number of rotatable bonds is 6. The maximum atomic E-state index is 11.5. The fraction of sp³-hybridized carbons (Fsp3) is 0.438. The predicted molar refractivity (Wildman–Crippen MR) is 112 cm³/mol. The SMILES string of the molecule is CN=C(NCCN1C(=O)CNC1=O)NCc1ccc(C)cc1SC.I. The second-order valence-electron chi connectivity index (χ2n) is 5.37. The zero-order valence-electron chi connectivity index (χ0n) is 14.6. The normalized spacial score (nSPS) is 14.2. The van der Waals surface area contributed by atoms with E-state index < -0.39 is 0 Å². The number of carbonyl (C=O) groups excluding carboxylic acids is 2. The van der Waals surface area contributed by atoms with Crippen molar-refractivity contribution in [2.24, 2.45) is 4.99 Å². The van der Waals surface area contributed by atoms with E-state index in [9.17, 15) is 9.59 Å². The van der Waals surface area contributed by atoms with Crippen LogP contribution in [0.5, 0.6) is 0 Å².